The molecule has 1 aliphatic carbocycles. The van der Waals surface area contributed by atoms with Crippen molar-refractivity contribution >= 4 is 0 Å². The Labute approximate surface area is 153 Å². The second-order valence-corrected chi connectivity index (χ2v) is 8.10. The Hall–Kier alpha value is -1.06. The summed E-state index contributed by atoms with van der Waals surface area (Å²) in [5.41, 5.74) is 2.13. The Balaban J connectivity index is 1.96. The average Bonchev–Trinajstić information content (AvgIpc) is 2.83. The van der Waals surface area contributed by atoms with E-state index >= 15 is 0 Å². The highest BCUT2D eigenvalue weighted by Crippen LogP contribution is 2.42. The smallest absolute Gasteiger partial charge is 0.118 e. The van der Waals surface area contributed by atoms with Crippen LogP contribution in [0.15, 0.2) is 18.2 Å². The molecule has 0 unspecified atom stereocenters. The van der Waals surface area contributed by atoms with Crippen LogP contribution in [-0.4, -0.2) is 27.5 Å². The lowest BCUT2D eigenvalue weighted by molar-refractivity contribution is 0.0873. The quantitative estimate of drug-likeness (QED) is 0.572. The van der Waals surface area contributed by atoms with Gasteiger partial charge in [0.1, 0.15) is 5.75 Å². The maximum atomic E-state index is 10.5. The summed E-state index contributed by atoms with van der Waals surface area (Å²) in [6.45, 7) is 6.37. The van der Waals surface area contributed by atoms with Crippen LogP contribution in [-0.2, 0) is 6.42 Å². The number of benzene rings is 1. The Morgan fingerprint density at radius 3 is 2.64 bits per heavy atom. The standard InChI is InChI=1S/C22H36O3/c1-4-5-6-9-18(23)11-12-19-20(15(2)13-22(19)25)14-17-8-7-10-21(24)16(17)3/h7-8,10,15,18-20,22-25H,4-6,9,11-14H2,1-3H3/t15-,18-,19+,20-,22+/m0/s1. The minimum Gasteiger partial charge on any atom is -0.508 e. The van der Waals surface area contributed by atoms with Gasteiger partial charge in [-0.1, -0.05) is 45.2 Å². The molecular weight excluding hydrogens is 312 g/mol. The van der Waals surface area contributed by atoms with Gasteiger partial charge in [-0.2, -0.15) is 0 Å². The van der Waals surface area contributed by atoms with E-state index in [9.17, 15) is 15.3 Å². The zero-order chi connectivity index (χ0) is 18.4. The third-order valence-corrected chi connectivity index (χ3v) is 6.24. The average molecular weight is 349 g/mol. The van der Waals surface area contributed by atoms with Gasteiger partial charge in [-0.3, -0.25) is 0 Å². The van der Waals surface area contributed by atoms with Gasteiger partial charge in [-0.05, 0) is 74.0 Å². The number of aliphatic hydroxyl groups is 2. The van der Waals surface area contributed by atoms with Gasteiger partial charge in [0, 0.05) is 0 Å². The second kappa shape index (κ2) is 9.59. The van der Waals surface area contributed by atoms with Crippen LogP contribution in [0.25, 0.3) is 0 Å². The molecule has 0 saturated heterocycles. The minimum atomic E-state index is -0.263. The van der Waals surface area contributed by atoms with Gasteiger partial charge in [-0.15, -0.1) is 0 Å². The fourth-order valence-corrected chi connectivity index (χ4v) is 4.50. The summed E-state index contributed by atoms with van der Waals surface area (Å²) in [6, 6.07) is 5.72. The fourth-order valence-electron chi connectivity index (χ4n) is 4.50. The maximum absolute atomic E-state index is 10.5. The van der Waals surface area contributed by atoms with Gasteiger partial charge in [0.15, 0.2) is 0 Å². The lowest BCUT2D eigenvalue weighted by Gasteiger charge is -2.26. The van der Waals surface area contributed by atoms with Crippen LogP contribution in [0.4, 0.5) is 0 Å². The van der Waals surface area contributed by atoms with Crippen molar-refractivity contribution in [2.75, 3.05) is 0 Å². The zero-order valence-corrected chi connectivity index (χ0v) is 16.1. The topological polar surface area (TPSA) is 60.7 Å². The molecule has 1 aromatic carbocycles. The van der Waals surface area contributed by atoms with E-state index in [2.05, 4.69) is 19.9 Å². The van der Waals surface area contributed by atoms with Crippen molar-refractivity contribution in [3.63, 3.8) is 0 Å². The molecule has 0 amide bonds. The summed E-state index contributed by atoms with van der Waals surface area (Å²) >= 11 is 0. The molecule has 1 saturated carbocycles. The van der Waals surface area contributed by atoms with E-state index in [4.69, 9.17) is 0 Å². The monoisotopic (exact) mass is 348 g/mol. The third-order valence-electron chi connectivity index (χ3n) is 6.24. The molecule has 0 radical (unpaired) electrons. The summed E-state index contributed by atoms with van der Waals surface area (Å²) < 4.78 is 0. The number of aromatic hydroxyl groups is 1. The van der Waals surface area contributed by atoms with Crippen LogP contribution >= 0.6 is 0 Å². The number of aliphatic hydroxyl groups excluding tert-OH is 2. The number of unbranched alkanes of at least 4 members (excludes halogenated alkanes) is 2. The van der Waals surface area contributed by atoms with E-state index in [0.717, 1.165) is 44.1 Å². The first kappa shape index (κ1) is 20.3. The minimum absolute atomic E-state index is 0.238. The molecule has 0 bridgehead atoms. The van der Waals surface area contributed by atoms with E-state index in [-0.39, 0.29) is 18.1 Å². The van der Waals surface area contributed by atoms with Gasteiger partial charge >= 0.3 is 0 Å². The van der Waals surface area contributed by atoms with Crippen molar-refractivity contribution in [1.82, 2.24) is 0 Å². The Kier molecular flexibility index (Phi) is 7.77. The van der Waals surface area contributed by atoms with Gasteiger partial charge in [0.25, 0.3) is 0 Å². The summed E-state index contributed by atoms with van der Waals surface area (Å²) in [7, 11) is 0. The van der Waals surface area contributed by atoms with Crippen molar-refractivity contribution in [2.45, 2.75) is 84.3 Å². The van der Waals surface area contributed by atoms with Crippen LogP contribution < -0.4 is 0 Å². The maximum Gasteiger partial charge on any atom is 0.118 e. The molecule has 2 rings (SSSR count). The predicted octanol–water partition coefficient (Wildman–Crippen LogP) is 4.60. The van der Waals surface area contributed by atoms with Crippen molar-refractivity contribution < 1.29 is 15.3 Å². The van der Waals surface area contributed by atoms with E-state index in [1.165, 1.54) is 18.4 Å². The normalized spacial score (nSPS) is 27.6. The Bertz CT molecular complexity index is 528. The molecule has 3 N–H and O–H groups in total. The van der Waals surface area contributed by atoms with E-state index < -0.39 is 0 Å². The van der Waals surface area contributed by atoms with Gasteiger partial charge < -0.3 is 15.3 Å². The summed E-state index contributed by atoms with van der Waals surface area (Å²) in [6.07, 6.45) is 7.24. The largest absolute Gasteiger partial charge is 0.508 e. The van der Waals surface area contributed by atoms with E-state index in [1.807, 2.05) is 13.0 Å². The molecule has 1 aliphatic rings. The highest BCUT2D eigenvalue weighted by molar-refractivity contribution is 5.38. The van der Waals surface area contributed by atoms with E-state index in [1.54, 1.807) is 6.07 Å². The van der Waals surface area contributed by atoms with Crippen molar-refractivity contribution in [1.29, 1.82) is 0 Å². The number of phenols is 1. The molecule has 25 heavy (non-hydrogen) atoms. The van der Waals surface area contributed by atoms with Crippen molar-refractivity contribution in [3.8, 4) is 5.75 Å². The van der Waals surface area contributed by atoms with Crippen LogP contribution in [0, 0.1) is 24.7 Å². The van der Waals surface area contributed by atoms with Gasteiger partial charge in [0.2, 0.25) is 0 Å². The SMILES string of the molecule is CCCCC[C@H](O)CC[C@@H]1[C@@H](Cc2cccc(O)c2C)[C@@H](C)C[C@H]1O. The molecule has 142 valence electrons. The second-order valence-electron chi connectivity index (χ2n) is 8.10. The summed E-state index contributed by atoms with van der Waals surface area (Å²) in [5.74, 6) is 1.49. The Morgan fingerprint density at radius 1 is 1.16 bits per heavy atom. The molecule has 5 atom stereocenters. The van der Waals surface area contributed by atoms with Crippen LogP contribution in [0.1, 0.15) is 69.9 Å². The first-order valence-corrected chi connectivity index (χ1v) is 10.1. The lowest BCUT2D eigenvalue weighted by atomic mass is 9.80. The number of hydrogen-bond acceptors (Lipinski definition) is 3. The first-order chi connectivity index (χ1) is 11.9. The summed E-state index contributed by atoms with van der Waals surface area (Å²) in [4.78, 5) is 0. The zero-order valence-electron chi connectivity index (χ0n) is 16.1. The van der Waals surface area contributed by atoms with Crippen LogP contribution in [0.2, 0.25) is 0 Å². The van der Waals surface area contributed by atoms with Gasteiger partial charge in [0.05, 0.1) is 12.2 Å². The molecule has 0 aromatic heterocycles. The Morgan fingerprint density at radius 2 is 1.92 bits per heavy atom. The predicted molar refractivity (Wildman–Crippen MR) is 103 cm³/mol. The lowest BCUT2D eigenvalue weighted by Crippen LogP contribution is -2.24. The summed E-state index contributed by atoms with van der Waals surface area (Å²) in [5, 5.41) is 30.7. The molecule has 1 fully saturated rings. The first-order valence-electron chi connectivity index (χ1n) is 10.1. The highest BCUT2D eigenvalue weighted by atomic mass is 16.3. The number of rotatable bonds is 9. The highest BCUT2D eigenvalue weighted by Gasteiger charge is 2.40. The molecule has 3 heteroatoms. The van der Waals surface area contributed by atoms with Crippen molar-refractivity contribution in [2.24, 2.45) is 17.8 Å². The molecular formula is C22H36O3. The number of phenolic OH excluding ortho intramolecular Hbond substituents is 1. The molecule has 0 aliphatic heterocycles. The third kappa shape index (κ3) is 5.46. The van der Waals surface area contributed by atoms with Gasteiger partial charge in [-0.25, -0.2) is 0 Å². The molecule has 1 aromatic rings. The van der Waals surface area contributed by atoms with Crippen molar-refractivity contribution in [3.05, 3.63) is 29.3 Å². The van der Waals surface area contributed by atoms with E-state index in [0.29, 0.717) is 17.6 Å². The molecule has 3 nitrogen and oxygen atoms in total. The number of hydrogen-bond donors (Lipinski definition) is 3. The van der Waals surface area contributed by atoms with Crippen LogP contribution in [0.5, 0.6) is 5.75 Å². The fraction of sp³-hybridized carbons (Fsp3) is 0.727. The van der Waals surface area contributed by atoms with Crippen LogP contribution in [0.3, 0.4) is 0 Å². The molecule has 0 spiro atoms. The molecule has 0 heterocycles.